The Morgan fingerprint density at radius 2 is 1.27 bits per heavy atom. The summed E-state index contributed by atoms with van der Waals surface area (Å²) < 4.78 is 0. The van der Waals surface area contributed by atoms with Gasteiger partial charge in [0, 0.05) is 10.6 Å². The Balaban J connectivity index is 1.51. The fraction of sp³-hybridized carbons (Fsp3) is 0.0370. The van der Waals surface area contributed by atoms with Crippen molar-refractivity contribution in [1.29, 1.82) is 0 Å². The van der Waals surface area contributed by atoms with Gasteiger partial charge in [0.05, 0.1) is 17.1 Å². The lowest BCUT2D eigenvalue weighted by Gasteiger charge is -2.26. The molecule has 30 heavy (non-hydrogen) atoms. The van der Waals surface area contributed by atoms with Crippen LogP contribution < -0.4 is 9.80 Å². The van der Waals surface area contributed by atoms with Crippen LogP contribution in [-0.2, 0) is 6.42 Å². The van der Waals surface area contributed by atoms with Crippen LogP contribution in [0.4, 0.5) is 22.7 Å². The molecule has 0 atom stereocenters. The Bertz CT molecular complexity index is 1320. The molecule has 0 aromatic heterocycles. The molecule has 1 aliphatic heterocycles. The maximum atomic E-state index is 4.71. The minimum Gasteiger partial charge on any atom is -0.294 e. The average Bonchev–Trinajstić information content (AvgIpc) is 3.28. The van der Waals surface area contributed by atoms with Crippen LogP contribution in [0.3, 0.4) is 0 Å². The molecule has 0 saturated carbocycles. The van der Waals surface area contributed by atoms with Crippen molar-refractivity contribution in [3.63, 3.8) is 0 Å². The Kier molecular flexibility index (Phi) is 3.80. The van der Waals surface area contributed by atoms with Gasteiger partial charge in [0.15, 0.2) is 0 Å². The molecule has 0 saturated heterocycles. The number of para-hydroxylation sites is 3. The lowest BCUT2D eigenvalue weighted by molar-refractivity contribution is 1.12. The first kappa shape index (κ1) is 17.4. The minimum absolute atomic E-state index is 0.906. The van der Waals surface area contributed by atoms with E-state index in [4.69, 9.17) is 12.6 Å². The predicted octanol–water partition coefficient (Wildman–Crippen LogP) is 7.31. The third-order valence-corrected chi connectivity index (χ3v) is 6.42. The Morgan fingerprint density at radius 1 is 0.633 bits per heavy atom. The normalized spacial score (nSPS) is 14.0. The number of thiol groups is 1. The van der Waals surface area contributed by atoms with Gasteiger partial charge in [-0.15, -0.1) is 12.6 Å². The van der Waals surface area contributed by atoms with Gasteiger partial charge in [0.2, 0.25) is 0 Å². The van der Waals surface area contributed by atoms with Crippen LogP contribution in [0, 0.1) is 0 Å². The van der Waals surface area contributed by atoms with Crippen molar-refractivity contribution < 1.29 is 0 Å². The smallest absolute Gasteiger partial charge is 0.115 e. The quantitative estimate of drug-likeness (QED) is 0.308. The van der Waals surface area contributed by atoms with Gasteiger partial charge < -0.3 is 0 Å². The second kappa shape index (κ2) is 6.54. The van der Waals surface area contributed by atoms with E-state index in [1.165, 1.54) is 22.3 Å². The van der Waals surface area contributed by atoms with Crippen LogP contribution in [0.15, 0.2) is 108 Å². The molecule has 4 aromatic carbocycles. The first-order valence-electron chi connectivity index (χ1n) is 10.1. The van der Waals surface area contributed by atoms with E-state index < -0.39 is 0 Å². The van der Waals surface area contributed by atoms with E-state index in [9.17, 15) is 0 Å². The molecule has 0 spiro atoms. The van der Waals surface area contributed by atoms with E-state index >= 15 is 0 Å². The van der Waals surface area contributed by atoms with Gasteiger partial charge in [0.1, 0.15) is 5.82 Å². The standard InChI is InChI=1S/C27H20N2S/c1-18-28(21-15-14-20-16-19-8-2-3-9-22(19)23(20)17-21)24-10-4-5-11-25(24)29(18)26-12-6-7-13-27(26)30/h2-15,17,30H,1,16H2. The number of rotatable bonds is 2. The number of nitrogens with zero attached hydrogens (tertiary/aromatic N) is 2. The molecule has 0 fully saturated rings. The molecular weight excluding hydrogens is 384 g/mol. The van der Waals surface area contributed by atoms with Crippen LogP contribution in [0.1, 0.15) is 11.1 Å². The Morgan fingerprint density at radius 3 is 2.07 bits per heavy atom. The highest BCUT2D eigenvalue weighted by molar-refractivity contribution is 7.80. The maximum Gasteiger partial charge on any atom is 0.115 e. The average molecular weight is 405 g/mol. The number of benzene rings is 4. The van der Waals surface area contributed by atoms with Crippen molar-refractivity contribution >= 4 is 35.4 Å². The number of fused-ring (bicyclic) bond motifs is 4. The number of hydrogen-bond donors (Lipinski definition) is 1. The molecular formula is C27H20N2S. The second-order valence-electron chi connectivity index (χ2n) is 7.74. The lowest BCUT2D eigenvalue weighted by Crippen LogP contribution is -2.20. The molecule has 144 valence electrons. The van der Waals surface area contributed by atoms with Crippen molar-refractivity contribution in [2.75, 3.05) is 9.80 Å². The molecule has 0 radical (unpaired) electrons. The summed E-state index contributed by atoms with van der Waals surface area (Å²) in [6.07, 6.45) is 1.00. The van der Waals surface area contributed by atoms with Gasteiger partial charge in [-0.2, -0.15) is 0 Å². The molecule has 0 N–H and O–H groups in total. The first-order valence-corrected chi connectivity index (χ1v) is 10.5. The van der Waals surface area contributed by atoms with Crippen LogP contribution in [0.2, 0.25) is 0 Å². The largest absolute Gasteiger partial charge is 0.294 e. The van der Waals surface area contributed by atoms with E-state index in [1.54, 1.807) is 0 Å². The fourth-order valence-electron chi connectivity index (χ4n) is 4.68. The van der Waals surface area contributed by atoms with Gasteiger partial charge in [-0.3, -0.25) is 9.80 Å². The van der Waals surface area contributed by atoms with Gasteiger partial charge in [-0.05, 0) is 65.1 Å². The molecule has 1 aliphatic carbocycles. The number of hydrogen-bond acceptors (Lipinski definition) is 3. The van der Waals surface area contributed by atoms with Gasteiger partial charge >= 0.3 is 0 Å². The summed E-state index contributed by atoms with van der Waals surface area (Å²) >= 11 is 4.71. The lowest BCUT2D eigenvalue weighted by atomic mass is 10.0. The Hall–Kier alpha value is -3.43. The minimum atomic E-state index is 0.906. The highest BCUT2D eigenvalue weighted by Gasteiger charge is 2.33. The first-order chi connectivity index (χ1) is 14.7. The molecule has 2 aliphatic rings. The molecule has 0 amide bonds. The zero-order chi connectivity index (χ0) is 20.2. The SMILES string of the molecule is C=C1N(c2ccc3c(c2)-c2ccccc2C3)c2ccccc2N1c1ccccc1S. The summed E-state index contributed by atoms with van der Waals surface area (Å²) in [6.45, 7) is 4.48. The van der Waals surface area contributed by atoms with Crippen molar-refractivity contribution in [3.05, 3.63) is 115 Å². The second-order valence-corrected chi connectivity index (χ2v) is 8.22. The van der Waals surface area contributed by atoms with Crippen LogP contribution >= 0.6 is 12.6 Å². The third-order valence-electron chi connectivity index (χ3n) is 6.04. The van der Waals surface area contributed by atoms with Crippen molar-refractivity contribution in [1.82, 2.24) is 0 Å². The topological polar surface area (TPSA) is 6.48 Å². The van der Waals surface area contributed by atoms with E-state index in [2.05, 4.69) is 89.2 Å². The van der Waals surface area contributed by atoms with Crippen molar-refractivity contribution in [2.45, 2.75) is 11.3 Å². The van der Waals surface area contributed by atoms with Gasteiger partial charge in [-0.1, -0.05) is 61.2 Å². The van der Waals surface area contributed by atoms with Crippen molar-refractivity contribution in [2.24, 2.45) is 0 Å². The molecule has 0 bridgehead atoms. The van der Waals surface area contributed by atoms with Crippen molar-refractivity contribution in [3.8, 4) is 11.1 Å². The zero-order valence-electron chi connectivity index (χ0n) is 16.4. The molecule has 0 unspecified atom stereocenters. The maximum absolute atomic E-state index is 4.71. The van der Waals surface area contributed by atoms with Gasteiger partial charge in [-0.25, -0.2) is 0 Å². The van der Waals surface area contributed by atoms with E-state index in [0.29, 0.717) is 0 Å². The highest BCUT2D eigenvalue weighted by atomic mass is 32.1. The molecule has 1 heterocycles. The summed E-state index contributed by atoms with van der Waals surface area (Å²) in [7, 11) is 0. The highest BCUT2D eigenvalue weighted by Crippen LogP contribution is 2.51. The summed E-state index contributed by atoms with van der Waals surface area (Å²) in [6, 6.07) is 32.1. The van der Waals surface area contributed by atoms with E-state index in [-0.39, 0.29) is 0 Å². The third kappa shape index (κ3) is 2.45. The van der Waals surface area contributed by atoms with Crippen LogP contribution in [0.25, 0.3) is 11.1 Å². The molecule has 6 rings (SSSR count). The number of anilines is 4. The fourth-order valence-corrected chi connectivity index (χ4v) is 4.94. The molecule has 3 heteroatoms. The predicted molar refractivity (Wildman–Crippen MR) is 128 cm³/mol. The summed E-state index contributed by atoms with van der Waals surface area (Å²) in [5.74, 6) is 0.906. The summed E-state index contributed by atoms with van der Waals surface area (Å²) in [4.78, 5) is 5.37. The van der Waals surface area contributed by atoms with Crippen LogP contribution in [-0.4, -0.2) is 0 Å². The zero-order valence-corrected chi connectivity index (χ0v) is 17.3. The Labute approximate surface area is 182 Å². The summed E-state index contributed by atoms with van der Waals surface area (Å²) in [5, 5.41) is 0. The van der Waals surface area contributed by atoms with Gasteiger partial charge in [0.25, 0.3) is 0 Å². The molecule has 4 aromatic rings. The molecule has 2 nitrogen and oxygen atoms in total. The van der Waals surface area contributed by atoms with Crippen LogP contribution in [0.5, 0.6) is 0 Å². The monoisotopic (exact) mass is 404 g/mol. The summed E-state index contributed by atoms with van der Waals surface area (Å²) in [5.41, 5.74) is 9.85. The van der Waals surface area contributed by atoms with E-state index in [0.717, 1.165) is 39.9 Å². The van der Waals surface area contributed by atoms with E-state index in [1.807, 2.05) is 18.2 Å².